The summed E-state index contributed by atoms with van der Waals surface area (Å²) < 4.78 is 1.09. The van der Waals surface area contributed by atoms with Crippen LogP contribution in [0.4, 0.5) is 0 Å². The summed E-state index contributed by atoms with van der Waals surface area (Å²) in [7, 11) is 2.13. The zero-order chi connectivity index (χ0) is 14.1. The second kappa shape index (κ2) is 9.48. The Kier molecular flexibility index (Phi) is 8.30. The summed E-state index contributed by atoms with van der Waals surface area (Å²) in [6, 6.07) is 8.33. The van der Waals surface area contributed by atoms with Crippen molar-refractivity contribution < 1.29 is 5.11 Å². The maximum Gasteiger partial charge on any atom is 0.0431 e. The highest BCUT2D eigenvalue weighted by Crippen LogP contribution is 2.17. The van der Waals surface area contributed by atoms with Gasteiger partial charge in [0.25, 0.3) is 0 Å². The predicted octanol–water partition coefficient (Wildman–Crippen LogP) is 2.93. The average molecular weight is 329 g/mol. The molecule has 3 N–H and O–H groups in total. The lowest BCUT2D eigenvalue weighted by molar-refractivity contribution is 0.270. The summed E-state index contributed by atoms with van der Waals surface area (Å²) in [6.07, 6.45) is 4.12. The van der Waals surface area contributed by atoms with Crippen molar-refractivity contribution in [2.45, 2.75) is 31.7 Å². The van der Waals surface area contributed by atoms with Gasteiger partial charge in [-0.05, 0) is 63.5 Å². The Morgan fingerprint density at radius 1 is 1.16 bits per heavy atom. The molecule has 1 rings (SSSR count). The number of rotatable bonds is 9. The first-order valence-corrected chi connectivity index (χ1v) is 7.73. The van der Waals surface area contributed by atoms with Crippen LogP contribution in [0, 0.1) is 0 Å². The first-order chi connectivity index (χ1) is 9.13. The van der Waals surface area contributed by atoms with Gasteiger partial charge in [-0.1, -0.05) is 28.1 Å². The van der Waals surface area contributed by atoms with Crippen LogP contribution in [0.2, 0.25) is 0 Å². The first kappa shape index (κ1) is 16.6. The summed E-state index contributed by atoms with van der Waals surface area (Å²) in [5, 5.41) is 8.72. The van der Waals surface area contributed by atoms with Gasteiger partial charge in [0.2, 0.25) is 0 Å². The second-order valence-corrected chi connectivity index (χ2v) is 5.95. The zero-order valence-corrected chi connectivity index (χ0v) is 13.3. The molecule has 1 aromatic rings. The molecule has 0 aromatic heterocycles. The van der Waals surface area contributed by atoms with Gasteiger partial charge >= 0.3 is 0 Å². The number of halogens is 1. The third-order valence-electron chi connectivity index (χ3n) is 3.32. The highest BCUT2D eigenvalue weighted by atomic mass is 79.9. The Balaban J connectivity index is 2.22. The summed E-state index contributed by atoms with van der Waals surface area (Å²) >= 11 is 3.43. The molecule has 1 atom stereocenters. The van der Waals surface area contributed by atoms with Gasteiger partial charge in [-0.25, -0.2) is 0 Å². The molecule has 0 heterocycles. The van der Waals surface area contributed by atoms with Crippen LogP contribution < -0.4 is 5.73 Å². The van der Waals surface area contributed by atoms with Crippen molar-refractivity contribution in [2.24, 2.45) is 5.73 Å². The molecular formula is C15H25BrN2O. The smallest absolute Gasteiger partial charge is 0.0431 e. The fourth-order valence-corrected chi connectivity index (χ4v) is 2.28. The van der Waals surface area contributed by atoms with Gasteiger partial charge in [0.05, 0.1) is 0 Å². The number of aliphatic hydroxyl groups is 1. The minimum absolute atomic E-state index is 0.105. The number of aliphatic hydroxyl groups excluding tert-OH is 1. The molecule has 0 spiro atoms. The van der Waals surface area contributed by atoms with Gasteiger partial charge < -0.3 is 15.7 Å². The van der Waals surface area contributed by atoms with E-state index in [1.165, 1.54) is 5.56 Å². The minimum Gasteiger partial charge on any atom is -0.396 e. The topological polar surface area (TPSA) is 49.5 Å². The SMILES string of the molecule is CN(CCCCCO)CCC(N)c1ccc(Br)cc1. The van der Waals surface area contributed by atoms with E-state index in [-0.39, 0.29) is 6.04 Å². The van der Waals surface area contributed by atoms with E-state index in [1.54, 1.807) is 0 Å². The maximum absolute atomic E-state index is 8.72. The Hall–Kier alpha value is -0.420. The Morgan fingerprint density at radius 2 is 1.84 bits per heavy atom. The van der Waals surface area contributed by atoms with Crippen LogP contribution >= 0.6 is 15.9 Å². The molecule has 4 heteroatoms. The summed E-state index contributed by atoms with van der Waals surface area (Å²) in [4.78, 5) is 2.32. The fraction of sp³-hybridized carbons (Fsp3) is 0.600. The van der Waals surface area contributed by atoms with Crippen molar-refractivity contribution in [1.29, 1.82) is 0 Å². The lowest BCUT2D eigenvalue weighted by Gasteiger charge is -2.19. The van der Waals surface area contributed by atoms with E-state index in [0.29, 0.717) is 6.61 Å². The number of hydrogen-bond donors (Lipinski definition) is 2. The molecule has 0 aliphatic rings. The summed E-state index contributed by atoms with van der Waals surface area (Å²) in [6.45, 7) is 2.39. The van der Waals surface area contributed by atoms with E-state index >= 15 is 0 Å². The van der Waals surface area contributed by atoms with E-state index in [4.69, 9.17) is 10.8 Å². The molecule has 0 saturated carbocycles. The molecular weight excluding hydrogens is 304 g/mol. The molecule has 108 valence electrons. The monoisotopic (exact) mass is 328 g/mol. The van der Waals surface area contributed by atoms with Gasteiger partial charge in [0.1, 0.15) is 0 Å². The molecule has 1 unspecified atom stereocenters. The number of nitrogens with zero attached hydrogens (tertiary/aromatic N) is 1. The third-order valence-corrected chi connectivity index (χ3v) is 3.85. The average Bonchev–Trinajstić information content (AvgIpc) is 2.42. The van der Waals surface area contributed by atoms with Crippen LogP contribution in [0.25, 0.3) is 0 Å². The van der Waals surface area contributed by atoms with Crippen LogP contribution in [0.1, 0.15) is 37.3 Å². The normalized spacial score (nSPS) is 12.9. The van der Waals surface area contributed by atoms with Crippen LogP contribution in [0.5, 0.6) is 0 Å². The summed E-state index contributed by atoms with van der Waals surface area (Å²) in [5.74, 6) is 0. The molecule has 0 bridgehead atoms. The summed E-state index contributed by atoms with van der Waals surface area (Å²) in [5.41, 5.74) is 7.39. The van der Waals surface area contributed by atoms with E-state index < -0.39 is 0 Å². The second-order valence-electron chi connectivity index (χ2n) is 5.03. The van der Waals surface area contributed by atoms with Crippen molar-refractivity contribution in [3.05, 3.63) is 34.3 Å². The van der Waals surface area contributed by atoms with Crippen molar-refractivity contribution >= 4 is 15.9 Å². The first-order valence-electron chi connectivity index (χ1n) is 6.94. The molecule has 19 heavy (non-hydrogen) atoms. The van der Waals surface area contributed by atoms with Gasteiger partial charge in [-0.15, -0.1) is 0 Å². The van der Waals surface area contributed by atoms with Gasteiger partial charge in [0, 0.05) is 17.1 Å². The van der Waals surface area contributed by atoms with Crippen LogP contribution in [0.15, 0.2) is 28.7 Å². The lowest BCUT2D eigenvalue weighted by Crippen LogP contribution is -2.24. The molecule has 0 amide bonds. The van der Waals surface area contributed by atoms with Crippen LogP contribution in [-0.2, 0) is 0 Å². The highest BCUT2D eigenvalue weighted by molar-refractivity contribution is 9.10. The number of benzene rings is 1. The largest absolute Gasteiger partial charge is 0.396 e. The van der Waals surface area contributed by atoms with E-state index in [2.05, 4.69) is 40.0 Å². The van der Waals surface area contributed by atoms with E-state index in [0.717, 1.165) is 43.2 Å². The number of nitrogens with two attached hydrogens (primary N) is 1. The van der Waals surface area contributed by atoms with E-state index in [9.17, 15) is 0 Å². The highest BCUT2D eigenvalue weighted by Gasteiger charge is 2.07. The number of hydrogen-bond acceptors (Lipinski definition) is 3. The maximum atomic E-state index is 8.72. The zero-order valence-electron chi connectivity index (χ0n) is 11.7. The standard InChI is InChI=1S/C15H25BrN2O/c1-18(10-3-2-4-12-19)11-9-15(17)13-5-7-14(16)8-6-13/h5-8,15,19H,2-4,9-12,17H2,1H3. The molecule has 0 aliphatic heterocycles. The van der Waals surface area contributed by atoms with Crippen molar-refractivity contribution in [1.82, 2.24) is 4.90 Å². The van der Waals surface area contributed by atoms with Gasteiger partial charge in [-0.3, -0.25) is 0 Å². The Labute approximate surface area is 124 Å². The minimum atomic E-state index is 0.105. The van der Waals surface area contributed by atoms with Crippen molar-refractivity contribution in [3.63, 3.8) is 0 Å². The molecule has 3 nitrogen and oxygen atoms in total. The Morgan fingerprint density at radius 3 is 2.47 bits per heavy atom. The number of unbranched alkanes of at least 4 members (excludes halogenated alkanes) is 2. The quantitative estimate of drug-likeness (QED) is 0.685. The molecule has 0 fully saturated rings. The van der Waals surface area contributed by atoms with Crippen LogP contribution in [-0.4, -0.2) is 36.8 Å². The molecule has 1 aromatic carbocycles. The van der Waals surface area contributed by atoms with Crippen molar-refractivity contribution in [2.75, 3.05) is 26.7 Å². The molecule has 0 radical (unpaired) electrons. The van der Waals surface area contributed by atoms with Crippen LogP contribution in [0.3, 0.4) is 0 Å². The van der Waals surface area contributed by atoms with Gasteiger partial charge in [-0.2, -0.15) is 0 Å². The fourth-order valence-electron chi connectivity index (χ4n) is 2.02. The van der Waals surface area contributed by atoms with Crippen molar-refractivity contribution in [3.8, 4) is 0 Å². The van der Waals surface area contributed by atoms with Gasteiger partial charge in [0.15, 0.2) is 0 Å². The van der Waals surface area contributed by atoms with E-state index in [1.807, 2.05) is 12.1 Å². The molecule has 0 aliphatic carbocycles. The third kappa shape index (κ3) is 7.06. The predicted molar refractivity (Wildman–Crippen MR) is 84.1 cm³/mol. The Bertz CT molecular complexity index is 343. The lowest BCUT2D eigenvalue weighted by atomic mass is 10.0. The molecule has 0 saturated heterocycles.